The molecule has 0 saturated carbocycles. The van der Waals surface area contributed by atoms with Crippen molar-refractivity contribution in [1.82, 2.24) is 0 Å². The lowest BCUT2D eigenvalue weighted by molar-refractivity contribution is 0.0926. The maximum atomic E-state index is 12.4. The number of anilines is 1. The van der Waals surface area contributed by atoms with E-state index in [0.717, 1.165) is 11.0 Å². The highest BCUT2D eigenvalue weighted by molar-refractivity contribution is 7.85. The molecule has 0 unspecified atom stereocenters. The highest BCUT2D eigenvalue weighted by Crippen LogP contribution is 2.31. The Morgan fingerprint density at radius 1 is 0.955 bits per heavy atom. The molecule has 1 heterocycles. The van der Waals surface area contributed by atoms with Gasteiger partial charge in [0.1, 0.15) is 0 Å². The lowest BCUT2D eigenvalue weighted by Crippen LogP contribution is -2.30. The van der Waals surface area contributed by atoms with Crippen LogP contribution in [-0.4, -0.2) is 24.8 Å². The lowest BCUT2D eigenvalue weighted by Gasteiger charge is -2.17. The summed E-state index contributed by atoms with van der Waals surface area (Å²) in [5.41, 5.74) is 1.31. The Hall–Kier alpha value is -2.51. The minimum atomic E-state index is -4.33. The molecular formula is C15H11NO5S. The van der Waals surface area contributed by atoms with Gasteiger partial charge in [-0.05, 0) is 42.8 Å². The number of amides is 2. The third kappa shape index (κ3) is 2.11. The summed E-state index contributed by atoms with van der Waals surface area (Å²) in [7, 11) is -4.33. The fourth-order valence-electron chi connectivity index (χ4n) is 2.45. The van der Waals surface area contributed by atoms with E-state index < -0.39 is 21.9 Å². The number of hydrogen-bond donors (Lipinski definition) is 1. The third-order valence-corrected chi connectivity index (χ3v) is 4.35. The number of imide groups is 1. The molecule has 2 aromatic carbocycles. The molecule has 0 aliphatic carbocycles. The van der Waals surface area contributed by atoms with Crippen molar-refractivity contribution in [2.24, 2.45) is 0 Å². The van der Waals surface area contributed by atoms with E-state index in [4.69, 9.17) is 4.55 Å². The molecule has 7 heteroatoms. The third-order valence-electron chi connectivity index (χ3n) is 3.50. The monoisotopic (exact) mass is 317 g/mol. The number of nitrogens with zero attached hydrogens (tertiary/aromatic N) is 1. The zero-order valence-corrected chi connectivity index (χ0v) is 12.3. The molecule has 1 aliphatic rings. The quantitative estimate of drug-likeness (QED) is 0.676. The van der Waals surface area contributed by atoms with E-state index in [1.165, 1.54) is 12.1 Å². The standard InChI is InChI=1S/C15H11NO5S/c1-9-8-10(22(19,20)21)6-7-13(9)16-14(17)11-4-2-3-5-12(11)15(16)18/h2-8H,1H3,(H,19,20,21). The Morgan fingerprint density at radius 3 is 1.95 bits per heavy atom. The van der Waals surface area contributed by atoms with Crippen LogP contribution in [0.25, 0.3) is 0 Å². The van der Waals surface area contributed by atoms with Gasteiger partial charge in [-0.15, -0.1) is 0 Å². The minimum absolute atomic E-state index is 0.287. The number of hydrogen-bond acceptors (Lipinski definition) is 4. The van der Waals surface area contributed by atoms with Crippen LogP contribution in [0.5, 0.6) is 0 Å². The van der Waals surface area contributed by atoms with Crippen LogP contribution in [0.2, 0.25) is 0 Å². The number of fused-ring (bicyclic) bond motifs is 1. The van der Waals surface area contributed by atoms with E-state index in [1.807, 2.05) is 0 Å². The van der Waals surface area contributed by atoms with Crippen molar-refractivity contribution in [3.63, 3.8) is 0 Å². The van der Waals surface area contributed by atoms with Gasteiger partial charge in [-0.3, -0.25) is 14.1 Å². The Kier molecular flexibility index (Phi) is 3.12. The highest BCUT2D eigenvalue weighted by Gasteiger charge is 2.37. The first-order valence-corrected chi connectivity index (χ1v) is 7.80. The first kappa shape index (κ1) is 14.4. The van der Waals surface area contributed by atoms with Crippen LogP contribution in [0.15, 0.2) is 47.4 Å². The summed E-state index contributed by atoms with van der Waals surface area (Å²) in [5.74, 6) is -0.911. The number of aryl methyl sites for hydroxylation is 1. The molecule has 2 amide bonds. The first-order chi connectivity index (χ1) is 10.3. The van der Waals surface area contributed by atoms with Gasteiger partial charge in [0.15, 0.2) is 0 Å². The van der Waals surface area contributed by atoms with Gasteiger partial charge in [-0.25, -0.2) is 4.90 Å². The smallest absolute Gasteiger partial charge is 0.282 e. The number of carbonyl (C=O) groups is 2. The van der Waals surface area contributed by atoms with Crippen molar-refractivity contribution < 1.29 is 22.6 Å². The zero-order valence-electron chi connectivity index (χ0n) is 11.5. The van der Waals surface area contributed by atoms with Crippen LogP contribution >= 0.6 is 0 Å². The fourth-order valence-corrected chi connectivity index (χ4v) is 3.01. The second-order valence-electron chi connectivity index (χ2n) is 4.91. The van der Waals surface area contributed by atoms with E-state index in [1.54, 1.807) is 31.2 Å². The number of rotatable bonds is 2. The van der Waals surface area contributed by atoms with E-state index in [9.17, 15) is 18.0 Å². The molecule has 22 heavy (non-hydrogen) atoms. The molecule has 0 saturated heterocycles. The Bertz CT molecular complexity index is 882. The van der Waals surface area contributed by atoms with Crippen LogP contribution in [0, 0.1) is 6.92 Å². The second kappa shape index (κ2) is 4.75. The van der Waals surface area contributed by atoms with Crippen molar-refractivity contribution in [3.8, 4) is 0 Å². The van der Waals surface area contributed by atoms with Crippen molar-refractivity contribution >= 4 is 27.6 Å². The van der Waals surface area contributed by atoms with Gasteiger partial charge in [0.05, 0.1) is 21.7 Å². The van der Waals surface area contributed by atoms with Gasteiger partial charge < -0.3 is 0 Å². The van der Waals surface area contributed by atoms with E-state index in [0.29, 0.717) is 22.4 Å². The van der Waals surface area contributed by atoms with Crippen LogP contribution < -0.4 is 4.90 Å². The van der Waals surface area contributed by atoms with Gasteiger partial charge in [0.2, 0.25) is 0 Å². The molecule has 0 spiro atoms. The Labute approximate surface area is 126 Å². The normalized spacial score (nSPS) is 14.4. The van der Waals surface area contributed by atoms with E-state index in [-0.39, 0.29) is 4.90 Å². The number of carbonyl (C=O) groups excluding carboxylic acids is 2. The molecule has 112 valence electrons. The second-order valence-corrected chi connectivity index (χ2v) is 6.34. The first-order valence-electron chi connectivity index (χ1n) is 6.36. The SMILES string of the molecule is Cc1cc(S(=O)(=O)O)ccc1N1C(=O)c2ccccc2C1=O. The average molecular weight is 317 g/mol. The zero-order chi connectivity index (χ0) is 16.1. The van der Waals surface area contributed by atoms with Gasteiger partial charge in [0, 0.05) is 0 Å². The van der Waals surface area contributed by atoms with Crippen molar-refractivity contribution in [1.29, 1.82) is 0 Å². The summed E-state index contributed by atoms with van der Waals surface area (Å²) in [6.07, 6.45) is 0. The van der Waals surface area contributed by atoms with Crippen molar-refractivity contribution in [2.45, 2.75) is 11.8 Å². The maximum absolute atomic E-state index is 12.4. The van der Waals surface area contributed by atoms with Crippen molar-refractivity contribution in [3.05, 3.63) is 59.2 Å². The maximum Gasteiger partial charge on any atom is 0.294 e. The summed E-state index contributed by atoms with van der Waals surface area (Å²) < 4.78 is 31.3. The molecule has 0 atom stereocenters. The van der Waals surface area contributed by atoms with Gasteiger partial charge in [0.25, 0.3) is 21.9 Å². The summed E-state index contributed by atoms with van der Waals surface area (Å²) in [4.78, 5) is 25.5. The number of benzene rings is 2. The van der Waals surface area contributed by atoms with E-state index >= 15 is 0 Å². The van der Waals surface area contributed by atoms with Crippen LogP contribution in [0.1, 0.15) is 26.3 Å². The Morgan fingerprint density at radius 2 is 1.50 bits per heavy atom. The largest absolute Gasteiger partial charge is 0.294 e. The van der Waals surface area contributed by atoms with Crippen molar-refractivity contribution in [2.75, 3.05) is 4.90 Å². The lowest BCUT2D eigenvalue weighted by atomic mass is 10.1. The molecule has 0 bridgehead atoms. The summed E-state index contributed by atoms with van der Waals surface area (Å²) in [6, 6.07) is 10.2. The van der Waals surface area contributed by atoms with Gasteiger partial charge in [-0.1, -0.05) is 12.1 Å². The van der Waals surface area contributed by atoms with Crippen LogP contribution in [0.3, 0.4) is 0 Å². The summed E-state index contributed by atoms with van der Waals surface area (Å²) in [6.45, 7) is 1.56. The molecule has 0 aromatic heterocycles. The Balaban J connectivity index is 2.11. The molecule has 3 rings (SSSR count). The fraction of sp³-hybridized carbons (Fsp3) is 0.0667. The minimum Gasteiger partial charge on any atom is -0.282 e. The molecule has 2 aromatic rings. The molecular weight excluding hydrogens is 306 g/mol. The molecule has 0 fully saturated rings. The van der Waals surface area contributed by atoms with Gasteiger partial charge in [-0.2, -0.15) is 8.42 Å². The highest BCUT2D eigenvalue weighted by atomic mass is 32.2. The van der Waals surface area contributed by atoms with Gasteiger partial charge >= 0.3 is 0 Å². The van der Waals surface area contributed by atoms with Crippen LogP contribution in [-0.2, 0) is 10.1 Å². The molecule has 1 N–H and O–H groups in total. The average Bonchev–Trinajstić information content (AvgIpc) is 2.71. The summed E-state index contributed by atoms with van der Waals surface area (Å²) in [5, 5.41) is 0. The van der Waals surface area contributed by atoms with E-state index in [2.05, 4.69) is 0 Å². The van der Waals surface area contributed by atoms with Crippen LogP contribution in [0.4, 0.5) is 5.69 Å². The predicted octanol–water partition coefficient (Wildman–Crippen LogP) is 2.04. The molecule has 6 nitrogen and oxygen atoms in total. The topological polar surface area (TPSA) is 91.8 Å². The molecule has 1 aliphatic heterocycles. The predicted molar refractivity (Wildman–Crippen MR) is 78.6 cm³/mol. The molecule has 0 radical (unpaired) electrons. The summed E-state index contributed by atoms with van der Waals surface area (Å²) >= 11 is 0.